The summed E-state index contributed by atoms with van der Waals surface area (Å²) < 4.78 is 11.4. The maximum atomic E-state index is 5.72. The number of hydrogen-bond donors (Lipinski definition) is 0. The Balaban J connectivity index is 2.27. The summed E-state index contributed by atoms with van der Waals surface area (Å²) >= 11 is 7.69. The fourth-order valence-corrected chi connectivity index (χ4v) is 4.64. The van der Waals surface area contributed by atoms with E-state index in [9.17, 15) is 0 Å². The highest BCUT2D eigenvalue weighted by Gasteiger charge is 2.28. The smallest absolute Gasteiger partial charge is 0.123 e. The molecular formula is C20H22Br2O2. The second-order valence-corrected chi connectivity index (χ2v) is 8.36. The van der Waals surface area contributed by atoms with Crippen molar-refractivity contribution in [2.24, 2.45) is 0 Å². The van der Waals surface area contributed by atoms with E-state index in [1.54, 1.807) is 14.2 Å². The fraction of sp³-hybridized carbons (Fsp3) is 0.400. The number of benzene rings is 2. The molecule has 4 aliphatic carbocycles. The first kappa shape index (κ1) is 17.8. The molecule has 2 nitrogen and oxygen atoms in total. The molecule has 2 aromatic carbocycles. The van der Waals surface area contributed by atoms with Crippen molar-refractivity contribution in [3.63, 3.8) is 0 Å². The Morgan fingerprint density at radius 2 is 1.21 bits per heavy atom. The molecule has 0 spiro atoms. The molecule has 0 heterocycles. The minimum absolute atomic E-state index is 0.0772. The largest absolute Gasteiger partial charge is 0.496 e. The van der Waals surface area contributed by atoms with E-state index in [0.717, 1.165) is 17.1 Å². The van der Waals surface area contributed by atoms with E-state index < -0.39 is 0 Å². The first-order valence-corrected chi connectivity index (χ1v) is 9.94. The molecule has 0 fully saturated rings. The predicted molar refractivity (Wildman–Crippen MR) is 106 cm³/mol. The van der Waals surface area contributed by atoms with E-state index in [4.69, 9.17) is 9.47 Å². The Morgan fingerprint density at radius 3 is 1.79 bits per heavy atom. The van der Waals surface area contributed by atoms with Crippen molar-refractivity contribution < 1.29 is 9.47 Å². The van der Waals surface area contributed by atoms with Crippen LogP contribution < -0.4 is 9.47 Å². The van der Waals surface area contributed by atoms with Gasteiger partial charge < -0.3 is 9.47 Å². The first-order chi connectivity index (χ1) is 11.5. The molecule has 0 radical (unpaired) electrons. The first-order valence-electron chi connectivity index (χ1n) is 8.11. The number of methoxy groups -OCH3 is 2. The third kappa shape index (κ3) is 2.99. The van der Waals surface area contributed by atoms with Gasteiger partial charge in [0.15, 0.2) is 0 Å². The fourth-order valence-electron chi connectivity index (χ4n) is 3.38. The van der Waals surface area contributed by atoms with E-state index in [0.29, 0.717) is 11.8 Å². The van der Waals surface area contributed by atoms with Crippen LogP contribution in [0.1, 0.15) is 57.6 Å². The van der Waals surface area contributed by atoms with Gasteiger partial charge in [-0.2, -0.15) is 0 Å². The molecule has 24 heavy (non-hydrogen) atoms. The summed E-state index contributed by atoms with van der Waals surface area (Å²) in [6.07, 6.45) is 0. The van der Waals surface area contributed by atoms with Gasteiger partial charge in [0.1, 0.15) is 11.5 Å². The van der Waals surface area contributed by atoms with Gasteiger partial charge in [0.25, 0.3) is 0 Å². The van der Waals surface area contributed by atoms with Crippen LogP contribution >= 0.6 is 31.9 Å². The summed E-state index contributed by atoms with van der Waals surface area (Å²) in [6, 6.07) is 13.1. The summed E-state index contributed by atoms with van der Waals surface area (Å²) in [7, 11) is 3.47. The highest BCUT2D eigenvalue weighted by atomic mass is 79.9. The van der Waals surface area contributed by atoms with Crippen LogP contribution in [0.15, 0.2) is 36.4 Å². The van der Waals surface area contributed by atoms with Gasteiger partial charge in [0, 0.05) is 11.1 Å². The van der Waals surface area contributed by atoms with Crippen LogP contribution in [0.3, 0.4) is 0 Å². The molecule has 128 valence electrons. The van der Waals surface area contributed by atoms with Crippen molar-refractivity contribution in [3.8, 4) is 11.5 Å². The summed E-state index contributed by atoms with van der Waals surface area (Å²) in [6.45, 7) is 4.52. The molecule has 0 aromatic heterocycles. The molecule has 0 aliphatic heterocycles. The van der Waals surface area contributed by atoms with Crippen molar-refractivity contribution in [2.45, 2.75) is 35.3 Å². The van der Waals surface area contributed by atoms with Crippen LogP contribution in [0.5, 0.6) is 11.5 Å². The molecule has 4 aliphatic rings. The molecule has 0 unspecified atom stereocenters. The highest BCUT2D eigenvalue weighted by Crippen LogP contribution is 2.49. The number of rotatable bonds is 2. The maximum absolute atomic E-state index is 5.72. The van der Waals surface area contributed by atoms with E-state index in [-0.39, 0.29) is 9.65 Å². The van der Waals surface area contributed by atoms with E-state index in [1.165, 1.54) is 16.7 Å². The lowest BCUT2D eigenvalue weighted by molar-refractivity contribution is 0.389. The van der Waals surface area contributed by atoms with Crippen LogP contribution in [0.25, 0.3) is 0 Å². The topological polar surface area (TPSA) is 18.5 Å². The SMILES string of the molecule is COc1cc2c(OC)cc1[C@@H](Br)[C@H](Br)c1ccc(cc1)[C@H](C)[C@H]2C. The van der Waals surface area contributed by atoms with Gasteiger partial charge in [-0.3, -0.25) is 0 Å². The summed E-state index contributed by atoms with van der Waals surface area (Å²) in [4.78, 5) is 0.219. The van der Waals surface area contributed by atoms with Gasteiger partial charge in [-0.25, -0.2) is 0 Å². The zero-order valence-corrected chi connectivity index (χ0v) is 17.5. The van der Waals surface area contributed by atoms with E-state index >= 15 is 0 Å². The van der Waals surface area contributed by atoms with Crippen molar-refractivity contribution in [3.05, 3.63) is 58.7 Å². The van der Waals surface area contributed by atoms with Crippen molar-refractivity contribution >= 4 is 31.9 Å². The number of alkyl halides is 2. The van der Waals surface area contributed by atoms with Crippen LogP contribution in [-0.2, 0) is 0 Å². The second kappa shape index (κ2) is 7.09. The minimum Gasteiger partial charge on any atom is -0.496 e. The molecular weight excluding hydrogens is 432 g/mol. The van der Waals surface area contributed by atoms with Crippen molar-refractivity contribution in [1.29, 1.82) is 0 Å². The van der Waals surface area contributed by atoms with Crippen LogP contribution in [0.2, 0.25) is 0 Å². The van der Waals surface area contributed by atoms with E-state index in [1.807, 2.05) is 0 Å². The Hall–Kier alpha value is -1.00. The lowest BCUT2D eigenvalue weighted by Crippen LogP contribution is -2.11. The van der Waals surface area contributed by atoms with Crippen LogP contribution in [0, 0.1) is 0 Å². The molecule has 0 amide bonds. The Labute approximate surface area is 160 Å². The quantitative estimate of drug-likeness (QED) is 0.483. The van der Waals surface area contributed by atoms with Gasteiger partial charge in [-0.05, 0) is 35.1 Å². The van der Waals surface area contributed by atoms with Crippen molar-refractivity contribution in [1.82, 2.24) is 0 Å². The molecule has 2 aromatic rings. The monoisotopic (exact) mass is 452 g/mol. The van der Waals surface area contributed by atoms with Gasteiger partial charge in [-0.1, -0.05) is 70.0 Å². The van der Waals surface area contributed by atoms with Gasteiger partial charge in [0.2, 0.25) is 0 Å². The Bertz CT molecular complexity index is 664. The molecule has 0 N–H and O–H groups in total. The minimum atomic E-state index is 0.0772. The predicted octanol–water partition coefficient (Wildman–Crippen LogP) is 6.50. The molecule has 6 rings (SSSR count). The number of halogens is 2. The third-order valence-corrected chi connectivity index (χ3v) is 7.95. The molecule has 4 bridgehead atoms. The summed E-state index contributed by atoms with van der Waals surface area (Å²) in [5, 5.41) is 0. The average molecular weight is 454 g/mol. The third-order valence-electron chi connectivity index (χ3n) is 5.16. The molecule has 0 saturated carbocycles. The standard InChI is InChI=1S/C20H22Br2O2/c1-11-12(2)15-9-18(24-4)16(10-17(15)23-3)20(22)19(21)14-7-5-13(11)6-8-14/h5-12,19-20H,1-4H3/t11-,12-,19-,20-/m1/s1. The second-order valence-electron chi connectivity index (χ2n) is 6.38. The van der Waals surface area contributed by atoms with Crippen LogP contribution in [-0.4, -0.2) is 14.2 Å². The zero-order chi connectivity index (χ0) is 17.4. The van der Waals surface area contributed by atoms with E-state index in [2.05, 4.69) is 82.1 Å². The number of ether oxygens (including phenoxy) is 2. The van der Waals surface area contributed by atoms with Gasteiger partial charge in [-0.15, -0.1) is 0 Å². The average Bonchev–Trinajstić information content (AvgIpc) is 2.63. The normalized spacial score (nSPS) is 25.9. The Morgan fingerprint density at radius 1 is 0.708 bits per heavy atom. The Kier molecular flexibility index (Phi) is 5.26. The van der Waals surface area contributed by atoms with Crippen LogP contribution in [0.4, 0.5) is 0 Å². The molecule has 4 heteroatoms. The number of hydrogen-bond acceptors (Lipinski definition) is 2. The molecule has 4 atom stereocenters. The maximum Gasteiger partial charge on any atom is 0.123 e. The van der Waals surface area contributed by atoms with Gasteiger partial charge in [0.05, 0.1) is 23.9 Å². The zero-order valence-electron chi connectivity index (χ0n) is 14.3. The highest BCUT2D eigenvalue weighted by molar-refractivity contribution is 9.12. The van der Waals surface area contributed by atoms with Gasteiger partial charge >= 0.3 is 0 Å². The molecule has 0 saturated heterocycles. The lowest BCUT2D eigenvalue weighted by Gasteiger charge is -2.28. The lowest BCUT2D eigenvalue weighted by atomic mass is 9.82. The summed E-state index contributed by atoms with van der Waals surface area (Å²) in [5.74, 6) is 2.52. The van der Waals surface area contributed by atoms with Crippen molar-refractivity contribution in [2.75, 3.05) is 14.2 Å². The summed E-state index contributed by atoms with van der Waals surface area (Å²) in [5.41, 5.74) is 4.85.